The molecule has 0 saturated carbocycles. The Morgan fingerprint density at radius 3 is 2.61 bits per heavy atom. The predicted octanol–water partition coefficient (Wildman–Crippen LogP) is 2.41. The standard InChI is InChI=1S/C12H14F3N3/c1-2-3-4-5-11(18-16)10-7-6-9(8-17-10)12(13,14)15/h6-8,11,18H,4-5,16H2,1H3. The van der Waals surface area contributed by atoms with Crippen LogP contribution in [0.5, 0.6) is 0 Å². The third-order valence-corrected chi connectivity index (χ3v) is 2.41. The van der Waals surface area contributed by atoms with Crippen molar-refractivity contribution in [3.05, 3.63) is 29.6 Å². The molecule has 1 aromatic rings. The number of nitrogens with zero attached hydrogens (tertiary/aromatic N) is 1. The fourth-order valence-corrected chi connectivity index (χ4v) is 1.44. The zero-order valence-electron chi connectivity index (χ0n) is 9.88. The van der Waals surface area contributed by atoms with E-state index >= 15 is 0 Å². The van der Waals surface area contributed by atoms with Gasteiger partial charge in [-0.15, -0.1) is 11.8 Å². The lowest BCUT2D eigenvalue weighted by Crippen LogP contribution is -2.28. The minimum Gasteiger partial charge on any atom is -0.271 e. The first-order chi connectivity index (χ1) is 8.49. The second-order valence-corrected chi connectivity index (χ2v) is 3.65. The molecular formula is C12H14F3N3. The Balaban J connectivity index is 2.77. The summed E-state index contributed by atoms with van der Waals surface area (Å²) in [4.78, 5) is 3.78. The van der Waals surface area contributed by atoms with Gasteiger partial charge >= 0.3 is 6.18 Å². The number of nitrogens with two attached hydrogens (primary N) is 1. The minimum absolute atomic E-state index is 0.298. The first kappa shape index (κ1) is 14.5. The molecule has 0 bridgehead atoms. The molecule has 98 valence electrons. The average molecular weight is 257 g/mol. The Morgan fingerprint density at radius 2 is 2.17 bits per heavy atom. The molecule has 1 heterocycles. The summed E-state index contributed by atoms with van der Waals surface area (Å²) in [7, 11) is 0. The van der Waals surface area contributed by atoms with Crippen molar-refractivity contribution in [3.63, 3.8) is 0 Å². The molecule has 0 saturated heterocycles. The smallest absolute Gasteiger partial charge is 0.271 e. The molecule has 0 aliphatic rings. The van der Waals surface area contributed by atoms with Crippen molar-refractivity contribution in [1.82, 2.24) is 10.4 Å². The SMILES string of the molecule is CC#CCCC(NN)c1ccc(C(F)(F)F)cn1. The molecule has 0 spiro atoms. The summed E-state index contributed by atoms with van der Waals surface area (Å²) < 4.78 is 37.1. The molecule has 18 heavy (non-hydrogen) atoms. The summed E-state index contributed by atoms with van der Waals surface area (Å²) in [6.07, 6.45) is -2.36. The topological polar surface area (TPSA) is 50.9 Å². The van der Waals surface area contributed by atoms with Crippen LogP contribution in [0.15, 0.2) is 18.3 Å². The van der Waals surface area contributed by atoms with Crippen LogP contribution in [-0.4, -0.2) is 4.98 Å². The van der Waals surface area contributed by atoms with Crippen molar-refractivity contribution < 1.29 is 13.2 Å². The van der Waals surface area contributed by atoms with Crippen LogP contribution in [-0.2, 0) is 6.18 Å². The lowest BCUT2D eigenvalue weighted by Gasteiger charge is -2.14. The number of aromatic nitrogens is 1. The van der Waals surface area contributed by atoms with Crippen LogP contribution >= 0.6 is 0 Å². The maximum atomic E-state index is 12.4. The van der Waals surface area contributed by atoms with E-state index in [0.717, 1.165) is 12.3 Å². The molecule has 1 rings (SSSR count). The number of pyridine rings is 1. The van der Waals surface area contributed by atoms with Gasteiger partial charge in [0.05, 0.1) is 17.3 Å². The number of hydrogen-bond acceptors (Lipinski definition) is 3. The third-order valence-electron chi connectivity index (χ3n) is 2.41. The molecule has 0 radical (unpaired) electrons. The Labute approximate surface area is 104 Å². The van der Waals surface area contributed by atoms with Crippen molar-refractivity contribution in [3.8, 4) is 11.8 Å². The molecule has 1 unspecified atom stereocenters. The maximum Gasteiger partial charge on any atom is 0.417 e. The molecule has 3 N–H and O–H groups in total. The van der Waals surface area contributed by atoms with Gasteiger partial charge in [0.1, 0.15) is 0 Å². The van der Waals surface area contributed by atoms with E-state index < -0.39 is 11.7 Å². The van der Waals surface area contributed by atoms with Crippen molar-refractivity contribution in [1.29, 1.82) is 0 Å². The molecule has 0 fully saturated rings. The van der Waals surface area contributed by atoms with Crippen LogP contribution in [0.4, 0.5) is 13.2 Å². The highest BCUT2D eigenvalue weighted by atomic mass is 19.4. The summed E-state index contributed by atoms with van der Waals surface area (Å²) >= 11 is 0. The number of alkyl halides is 3. The Bertz CT molecular complexity index is 429. The molecule has 3 nitrogen and oxygen atoms in total. The van der Waals surface area contributed by atoms with Gasteiger partial charge in [0.15, 0.2) is 0 Å². The molecule has 0 aliphatic heterocycles. The Hall–Kier alpha value is -1.58. The van der Waals surface area contributed by atoms with Gasteiger partial charge in [0.25, 0.3) is 0 Å². The molecule has 1 aromatic heterocycles. The van der Waals surface area contributed by atoms with E-state index in [4.69, 9.17) is 5.84 Å². The second-order valence-electron chi connectivity index (χ2n) is 3.65. The number of nitrogens with one attached hydrogen (secondary N) is 1. The van der Waals surface area contributed by atoms with Crippen molar-refractivity contribution >= 4 is 0 Å². The highest BCUT2D eigenvalue weighted by Crippen LogP contribution is 2.29. The van der Waals surface area contributed by atoms with Gasteiger partial charge in [-0.2, -0.15) is 13.2 Å². The lowest BCUT2D eigenvalue weighted by atomic mass is 10.1. The third kappa shape index (κ3) is 4.02. The quantitative estimate of drug-likeness (QED) is 0.495. The molecule has 1 atom stereocenters. The van der Waals surface area contributed by atoms with Crippen LogP contribution in [0.2, 0.25) is 0 Å². The van der Waals surface area contributed by atoms with E-state index in [9.17, 15) is 13.2 Å². The second kappa shape index (κ2) is 6.38. The molecular weight excluding hydrogens is 243 g/mol. The molecule has 0 aromatic carbocycles. The monoisotopic (exact) mass is 257 g/mol. The fourth-order valence-electron chi connectivity index (χ4n) is 1.44. The number of hydrogen-bond donors (Lipinski definition) is 2. The molecule has 0 aliphatic carbocycles. The first-order valence-corrected chi connectivity index (χ1v) is 5.38. The van der Waals surface area contributed by atoms with Crippen molar-refractivity contribution in [2.75, 3.05) is 0 Å². The normalized spacial score (nSPS) is 12.7. The van der Waals surface area contributed by atoms with Crippen LogP contribution in [0.1, 0.15) is 37.1 Å². The van der Waals surface area contributed by atoms with E-state index in [1.165, 1.54) is 6.07 Å². The highest BCUT2D eigenvalue weighted by Gasteiger charge is 2.30. The minimum atomic E-state index is -4.37. The van der Waals surface area contributed by atoms with Crippen LogP contribution in [0.25, 0.3) is 0 Å². The van der Waals surface area contributed by atoms with Gasteiger partial charge in [-0.05, 0) is 25.5 Å². The average Bonchev–Trinajstić information content (AvgIpc) is 2.34. The zero-order valence-corrected chi connectivity index (χ0v) is 9.88. The van der Waals surface area contributed by atoms with Crippen molar-refractivity contribution in [2.24, 2.45) is 5.84 Å². The van der Waals surface area contributed by atoms with E-state index in [1.807, 2.05) is 0 Å². The number of halogens is 3. The number of rotatable bonds is 4. The van der Waals surface area contributed by atoms with Crippen LogP contribution < -0.4 is 11.3 Å². The van der Waals surface area contributed by atoms with Crippen LogP contribution in [0.3, 0.4) is 0 Å². The van der Waals surface area contributed by atoms with Gasteiger partial charge in [-0.3, -0.25) is 16.3 Å². The van der Waals surface area contributed by atoms with Gasteiger partial charge in [0, 0.05) is 12.6 Å². The summed E-state index contributed by atoms with van der Waals surface area (Å²) in [6.45, 7) is 1.72. The van der Waals surface area contributed by atoms with Gasteiger partial charge in [-0.1, -0.05) is 0 Å². The summed E-state index contributed by atoms with van der Waals surface area (Å²) in [5, 5.41) is 0. The van der Waals surface area contributed by atoms with Gasteiger partial charge in [-0.25, -0.2) is 0 Å². The number of hydrazine groups is 1. The summed E-state index contributed by atoms with van der Waals surface area (Å²) in [6, 6.07) is 2.03. The largest absolute Gasteiger partial charge is 0.417 e. The Kier molecular flexibility index (Phi) is 5.13. The van der Waals surface area contributed by atoms with E-state index in [0.29, 0.717) is 18.5 Å². The molecule has 6 heteroatoms. The molecule has 0 amide bonds. The lowest BCUT2D eigenvalue weighted by molar-refractivity contribution is -0.137. The predicted molar refractivity (Wildman–Crippen MR) is 62.0 cm³/mol. The summed E-state index contributed by atoms with van der Waals surface area (Å²) in [5.41, 5.74) is 2.23. The van der Waals surface area contributed by atoms with Crippen molar-refractivity contribution in [2.45, 2.75) is 32.0 Å². The van der Waals surface area contributed by atoms with E-state index in [-0.39, 0.29) is 6.04 Å². The van der Waals surface area contributed by atoms with Gasteiger partial charge < -0.3 is 0 Å². The highest BCUT2D eigenvalue weighted by molar-refractivity contribution is 5.19. The first-order valence-electron chi connectivity index (χ1n) is 5.38. The zero-order chi connectivity index (χ0) is 13.6. The Morgan fingerprint density at radius 1 is 1.44 bits per heavy atom. The fraction of sp³-hybridized carbons (Fsp3) is 0.417. The van der Waals surface area contributed by atoms with E-state index in [2.05, 4.69) is 22.3 Å². The summed E-state index contributed by atoms with van der Waals surface area (Å²) in [5.74, 6) is 11.0. The van der Waals surface area contributed by atoms with Gasteiger partial charge in [0.2, 0.25) is 0 Å². The maximum absolute atomic E-state index is 12.4. The van der Waals surface area contributed by atoms with E-state index in [1.54, 1.807) is 6.92 Å². The van der Waals surface area contributed by atoms with Crippen LogP contribution in [0, 0.1) is 11.8 Å².